The van der Waals surface area contributed by atoms with Crippen molar-refractivity contribution in [2.24, 2.45) is 0 Å². The maximum absolute atomic E-state index is 12.3. The first-order valence-corrected chi connectivity index (χ1v) is 7.37. The van der Waals surface area contributed by atoms with Crippen molar-refractivity contribution < 1.29 is 13.2 Å². The highest BCUT2D eigenvalue weighted by Crippen LogP contribution is 2.31. The van der Waals surface area contributed by atoms with Crippen LogP contribution in [0, 0.1) is 0 Å². The van der Waals surface area contributed by atoms with Gasteiger partial charge < -0.3 is 0 Å². The van der Waals surface area contributed by atoms with Gasteiger partial charge in [0.2, 0.25) is 0 Å². The molecule has 0 unspecified atom stereocenters. The maximum atomic E-state index is 12.3. The largest absolute Gasteiger partial charge is 0.416 e. The van der Waals surface area contributed by atoms with E-state index in [-0.39, 0.29) is 10.7 Å². The van der Waals surface area contributed by atoms with Crippen molar-refractivity contribution >= 4 is 23.2 Å². The average molecular weight is 389 g/mol. The minimum atomic E-state index is -4.33. The quantitative estimate of drug-likeness (QED) is 0.676. The summed E-state index contributed by atoms with van der Waals surface area (Å²) in [6.07, 6.45) is -1.52. The van der Waals surface area contributed by atoms with E-state index in [2.05, 4.69) is 20.4 Å². The average Bonchev–Trinajstić information content (AvgIpc) is 2.54. The summed E-state index contributed by atoms with van der Waals surface area (Å²) < 4.78 is 37.0. The van der Waals surface area contributed by atoms with Gasteiger partial charge in [0.25, 0.3) is 5.56 Å². The lowest BCUT2D eigenvalue weighted by Gasteiger charge is -2.07. The van der Waals surface area contributed by atoms with Crippen molar-refractivity contribution in [3.63, 3.8) is 0 Å². The first-order valence-electron chi connectivity index (χ1n) is 6.62. The van der Waals surface area contributed by atoms with Gasteiger partial charge in [0.15, 0.2) is 5.15 Å². The van der Waals surface area contributed by atoms with Crippen molar-refractivity contribution in [3.05, 3.63) is 74.9 Å². The lowest BCUT2D eigenvalue weighted by Crippen LogP contribution is -2.04. The van der Waals surface area contributed by atoms with Gasteiger partial charge in [0, 0.05) is 11.6 Å². The fourth-order valence-electron chi connectivity index (χ4n) is 1.70. The Labute approximate surface area is 149 Å². The maximum Gasteiger partial charge on any atom is 0.416 e. The molecule has 3 rings (SSSR count). The molecular formula is C15H9Cl2F3N4O. The van der Waals surface area contributed by atoms with Gasteiger partial charge in [-0.1, -0.05) is 35.3 Å². The molecule has 5 nitrogen and oxygen atoms in total. The van der Waals surface area contributed by atoms with Crippen molar-refractivity contribution in [1.29, 1.82) is 0 Å². The Bertz CT molecular complexity index is 898. The van der Waals surface area contributed by atoms with E-state index in [1.807, 2.05) is 0 Å². The number of hydrogen-bond acceptors (Lipinski definition) is 4. The number of nitrogens with one attached hydrogen (secondary N) is 1. The highest BCUT2D eigenvalue weighted by Gasteiger charge is 2.29. The zero-order chi connectivity index (χ0) is 18.4. The van der Waals surface area contributed by atoms with Crippen molar-refractivity contribution in [2.75, 3.05) is 0 Å². The van der Waals surface area contributed by atoms with E-state index >= 15 is 0 Å². The summed E-state index contributed by atoms with van der Waals surface area (Å²) in [4.78, 5) is 10.3. The molecule has 0 saturated carbocycles. The van der Waals surface area contributed by atoms with Gasteiger partial charge in [-0.25, -0.2) is 5.10 Å². The predicted octanol–water partition coefficient (Wildman–Crippen LogP) is 4.24. The van der Waals surface area contributed by atoms with E-state index in [1.165, 1.54) is 36.7 Å². The summed E-state index contributed by atoms with van der Waals surface area (Å²) in [6, 6.07) is 7.57. The molecule has 0 amide bonds. The van der Waals surface area contributed by atoms with E-state index in [0.717, 1.165) is 12.1 Å². The van der Waals surface area contributed by atoms with Crippen LogP contribution >= 0.6 is 23.2 Å². The summed E-state index contributed by atoms with van der Waals surface area (Å²) >= 11 is 11.0. The molecule has 0 spiro atoms. The second-order valence-corrected chi connectivity index (χ2v) is 5.43. The Morgan fingerprint density at radius 3 is 2.12 bits per heavy atom. The number of benzene rings is 1. The predicted molar refractivity (Wildman–Crippen MR) is 87.3 cm³/mol. The lowest BCUT2D eigenvalue weighted by atomic mass is 10.1. The third-order valence-corrected chi connectivity index (χ3v) is 3.19. The smallest absolute Gasteiger partial charge is 0.268 e. The van der Waals surface area contributed by atoms with Crippen LogP contribution in [-0.2, 0) is 6.18 Å². The number of halogens is 5. The molecule has 0 fully saturated rings. The fraction of sp³-hybridized carbons (Fsp3) is 0.0667. The Hall–Kier alpha value is -2.45. The first kappa shape index (κ1) is 18.9. The molecule has 1 N–H and O–H groups in total. The molecule has 0 aliphatic heterocycles. The second kappa shape index (κ2) is 8.09. The summed E-state index contributed by atoms with van der Waals surface area (Å²) in [5.41, 5.74) is 0.264. The minimum absolute atomic E-state index is 0.197. The molecule has 0 aliphatic rings. The molecule has 3 aromatic rings. The molecule has 0 atom stereocenters. The standard InChI is InChI=1S/C11H6ClF3N2.C4H3ClN2O/c12-10-5-8(6-16-17-10)7-1-3-9(4-2-7)11(13,14)15;5-3-1-4(8)7-6-2-3/h1-6H;1-2H,(H,7,8). The highest BCUT2D eigenvalue weighted by atomic mass is 35.5. The van der Waals surface area contributed by atoms with E-state index in [4.69, 9.17) is 23.2 Å². The van der Waals surface area contributed by atoms with Crippen LogP contribution in [0.15, 0.2) is 53.6 Å². The van der Waals surface area contributed by atoms with Crippen LogP contribution in [0.4, 0.5) is 13.2 Å². The second-order valence-electron chi connectivity index (χ2n) is 4.61. The molecule has 130 valence electrons. The van der Waals surface area contributed by atoms with Crippen LogP contribution in [0.5, 0.6) is 0 Å². The zero-order valence-corrected chi connectivity index (χ0v) is 13.8. The molecule has 10 heteroatoms. The van der Waals surface area contributed by atoms with Crippen molar-refractivity contribution in [1.82, 2.24) is 20.4 Å². The van der Waals surface area contributed by atoms with Crippen LogP contribution in [0.1, 0.15) is 5.56 Å². The van der Waals surface area contributed by atoms with Crippen molar-refractivity contribution in [2.45, 2.75) is 6.18 Å². The molecule has 0 radical (unpaired) electrons. The van der Waals surface area contributed by atoms with Gasteiger partial charge in [-0.05, 0) is 23.8 Å². The van der Waals surface area contributed by atoms with Crippen LogP contribution in [-0.4, -0.2) is 20.4 Å². The van der Waals surface area contributed by atoms with E-state index < -0.39 is 11.7 Å². The molecule has 2 heterocycles. The van der Waals surface area contributed by atoms with Crippen LogP contribution in [0.2, 0.25) is 10.2 Å². The SMILES string of the molecule is FC(F)(F)c1ccc(-c2cnnc(Cl)c2)cc1.O=c1cc(Cl)cn[nH]1. The number of nitrogens with zero attached hydrogens (tertiary/aromatic N) is 3. The molecule has 2 aromatic heterocycles. The van der Waals surface area contributed by atoms with Gasteiger partial charge in [-0.2, -0.15) is 23.4 Å². The number of H-pyrrole nitrogens is 1. The monoisotopic (exact) mass is 388 g/mol. The van der Waals surface area contributed by atoms with Crippen molar-refractivity contribution in [3.8, 4) is 11.1 Å². The first-order chi connectivity index (χ1) is 11.8. The van der Waals surface area contributed by atoms with Gasteiger partial charge >= 0.3 is 6.18 Å². The molecule has 0 bridgehead atoms. The molecule has 1 aromatic carbocycles. The van der Waals surface area contributed by atoms with E-state index in [9.17, 15) is 18.0 Å². The van der Waals surface area contributed by atoms with Gasteiger partial charge in [0.1, 0.15) is 0 Å². The Balaban J connectivity index is 0.000000236. The number of rotatable bonds is 1. The lowest BCUT2D eigenvalue weighted by molar-refractivity contribution is -0.137. The molecule has 0 aliphatic carbocycles. The number of alkyl halides is 3. The molecular weight excluding hydrogens is 380 g/mol. The van der Waals surface area contributed by atoms with Gasteiger partial charge in [-0.15, -0.1) is 5.10 Å². The number of aromatic nitrogens is 4. The minimum Gasteiger partial charge on any atom is -0.268 e. The zero-order valence-electron chi connectivity index (χ0n) is 12.3. The summed E-state index contributed by atoms with van der Waals surface area (Å²) in [5, 5.41) is 13.3. The highest BCUT2D eigenvalue weighted by molar-refractivity contribution is 6.30. The number of hydrogen-bond donors (Lipinski definition) is 1. The third-order valence-electron chi connectivity index (χ3n) is 2.80. The molecule has 0 saturated heterocycles. The normalized spacial score (nSPS) is 10.8. The fourth-order valence-corrected chi connectivity index (χ4v) is 2.01. The van der Waals surface area contributed by atoms with E-state index in [0.29, 0.717) is 16.1 Å². The summed E-state index contributed by atoms with van der Waals surface area (Å²) in [5.74, 6) is 0. The third kappa shape index (κ3) is 5.84. The van der Waals surface area contributed by atoms with Crippen LogP contribution in [0.3, 0.4) is 0 Å². The topological polar surface area (TPSA) is 71.5 Å². The van der Waals surface area contributed by atoms with Gasteiger partial charge in [-0.3, -0.25) is 4.79 Å². The Morgan fingerprint density at radius 2 is 1.64 bits per heavy atom. The Morgan fingerprint density at radius 1 is 0.960 bits per heavy atom. The number of aromatic amines is 1. The summed E-state index contributed by atoms with van der Waals surface area (Å²) in [7, 11) is 0. The van der Waals surface area contributed by atoms with E-state index in [1.54, 1.807) is 0 Å². The Kier molecular flexibility index (Phi) is 6.11. The van der Waals surface area contributed by atoms with Crippen LogP contribution in [0.25, 0.3) is 11.1 Å². The summed E-state index contributed by atoms with van der Waals surface area (Å²) in [6.45, 7) is 0. The van der Waals surface area contributed by atoms with Crippen LogP contribution < -0.4 is 5.56 Å². The van der Waals surface area contributed by atoms with Gasteiger partial charge in [0.05, 0.1) is 23.0 Å². The molecule has 25 heavy (non-hydrogen) atoms.